The number of amides is 2. The van der Waals surface area contributed by atoms with Gasteiger partial charge < -0.3 is 9.42 Å². The molecule has 1 aromatic heterocycles. The summed E-state index contributed by atoms with van der Waals surface area (Å²) in [4.78, 5) is 16.3. The Morgan fingerprint density at radius 2 is 1.88 bits per heavy atom. The van der Waals surface area contributed by atoms with Crippen LogP contribution in [0.2, 0.25) is 0 Å². The minimum absolute atomic E-state index is 0.0975. The fraction of sp³-hybridized carbons (Fsp3) is 0.333. The third kappa shape index (κ3) is 3.51. The second-order valence-electron chi connectivity index (χ2n) is 8.13. The van der Waals surface area contributed by atoms with E-state index in [0.717, 1.165) is 6.26 Å². The van der Waals surface area contributed by atoms with Crippen LogP contribution in [0.3, 0.4) is 0 Å². The Bertz CT molecular complexity index is 1310. The lowest BCUT2D eigenvalue weighted by Gasteiger charge is -2.36. The van der Waals surface area contributed by atoms with Crippen molar-refractivity contribution in [3.63, 3.8) is 0 Å². The third-order valence-electron chi connectivity index (χ3n) is 5.93. The van der Waals surface area contributed by atoms with E-state index >= 15 is 0 Å². The van der Waals surface area contributed by atoms with E-state index in [1.165, 1.54) is 23.1 Å². The summed E-state index contributed by atoms with van der Waals surface area (Å²) in [6.07, 6.45) is 2.21. The monoisotopic (exact) mass is 462 g/mol. The van der Waals surface area contributed by atoms with Crippen LogP contribution in [0, 0.1) is 11.6 Å². The number of nitrogens with one attached hydrogen (secondary N) is 1. The first-order valence-electron chi connectivity index (χ1n) is 10.1. The second-order valence-corrected chi connectivity index (χ2v) is 9.91. The number of hydrogen-bond acceptors (Lipinski definition) is 5. The molecule has 2 fully saturated rings. The average Bonchev–Trinajstić information content (AvgIpc) is 3.32. The quantitative estimate of drug-likeness (QED) is 0.643. The summed E-state index contributed by atoms with van der Waals surface area (Å²) in [6, 6.07) is 7.59. The Labute approximate surface area is 182 Å². The van der Waals surface area contributed by atoms with Gasteiger partial charge in [0.25, 0.3) is 0 Å². The summed E-state index contributed by atoms with van der Waals surface area (Å²) in [7, 11) is -3.40. The van der Waals surface area contributed by atoms with Gasteiger partial charge in [0, 0.05) is 30.7 Å². The molecule has 8 nitrogen and oxygen atoms in total. The molecule has 2 aromatic carbocycles. The summed E-state index contributed by atoms with van der Waals surface area (Å²) < 4.78 is 60.2. The van der Waals surface area contributed by atoms with E-state index in [1.807, 2.05) is 0 Å². The highest BCUT2D eigenvalue weighted by Crippen LogP contribution is 2.39. The van der Waals surface area contributed by atoms with Crippen LogP contribution in [0.1, 0.15) is 12.8 Å². The van der Waals surface area contributed by atoms with Crippen molar-refractivity contribution in [2.24, 2.45) is 0 Å². The fourth-order valence-electron chi connectivity index (χ4n) is 4.66. The van der Waals surface area contributed by atoms with Crippen LogP contribution < -0.4 is 9.62 Å². The molecule has 3 aromatic rings. The van der Waals surface area contributed by atoms with Gasteiger partial charge in [0.15, 0.2) is 11.4 Å². The standard InChI is InChI=1S/C21H20F2N4O4S/c1-32(29,30)25-12-10-13-8-9-26(21(28)27(13)11-12)20-19-14(4-2-7-17(19)31-24-20)18-15(22)5-3-6-16(18)23/h2-7,12-13,25H,8-11H2,1H3/t12-,13+/m0/s1. The molecule has 2 aliphatic heterocycles. The smallest absolute Gasteiger partial charge is 0.326 e. The molecule has 0 spiro atoms. The Hall–Kier alpha value is -3.05. The summed E-state index contributed by atoms with van der Waals surface area (Å²) >= 11 is 0. The van der Waals surface area contributed by atoms with Gasteiger partial charge in [-0.1, -0.05) is 23.4 Å². The van der Waals surface area contributed by atoms with Gasteiger partial charge in [-0.3, -0.25) is 4.90 Å². The molecule has 2 aliphatic rings. The molecule has 0 saturated carbocycles. The maximum absolute atomic E-state index is 14.5. The highest BCUT2D eigenvalue weighted by molar-refractivity contribution is 7.88. The lowest BCUT2D eigenvalue weighted by molar-refractivity contribution is 0.185. The van der Waals surface area contributed by atoms with Crippen LogP contribution in [0.5, 0.6) is 0 Å². The molecular weight excluding hydrogens is 442 g/mol. The number of anilines is 1. The maximum Gasteiger partial charge on any atom is 0.326 e. The Morgan fingerprint density at radius 1 is 1.16 bits per heavy atom. The molecule has 1 N–H and O–H groups in total. The van der Waals surface area contributed by atoms with Gasteiger partial charge in [0.05, 0.1) is 17.2 Å². The van der Waals surface area contributed by atoms with Crippen molar-refractivity contribution in [2.45, 2.75) is 24.9 Å². The van der Waals surface area contributed by atoms with Gasteiger partial charge in [0.2, 0.25) is 10.0 Å². The Balaban J connectivity index is 1.53. The van der Waals surface area contributed by atoms with Crippen LogP contribution in [0.15, 0.2) is 40.9 Å². The largest absolute Gasteiger partial charge is 0.354 e. The summed E-state index contributed by atoms with van der Waals surface area (Å²) in [5.74, 6) is -1.28. The number of hydrogen-bond donors (Lipinski definition) is 1. The van der Waals surface area contributed by atoms with Crippen LogP contribution in [0.4, 0.5) is 19.4 Å². The number of carbonyl (C=O) groups is 1. The summed E-state index contributed by atoms with van der Waals surface area (Å²) in [5, 5.41) is 4.40. The highest BCUT2D eigenvalue weighted by Gasteiger charge is 2.43. The number of sulfonamides is 1. The topological polar surface area (TPSA) is 95.7 Å². The van der Waals surface area contributed by atoms with Crippen LogP contribution in [0.25, 0.3) is 22.1 Å². The van der Waals surface area contributed by atoms with Crippen molar-refractivity contribution in [2.75, 3.05) is 24.2 Å². The van der Waals surface area contributed by atoms with Gasteiger partial charge in [-0.25, -0.2) is 26.7 Å². The van der Waals surface area contributed by atoms with Gasteiger partial charge in [-0.15, -0.1) is 0 Å². The number of nitrogens with zero attached hydrogens (tertiary/aromatic N) is 3. The van der Waals surface area contributed by atoms with Crippen LogP contribution >= 0.6 is 0 Å². The zero-order valence-corrected chi connectivity index (χ0v) is 17.9. The number of halogens is 2. The minimum atomic E-state index is -3.40. The first-order chi connectivity index (χ1) is 15.2. The molecule has 32 heavy (non-hydrogen) atoms. The van der Waals surface area contributed by atoms with E-state index in [9.17, 15) is 22.0 Å². The molecule has 0 bridgehead atoms. The van der Waals surface area contributed by atoms with E-state index in [2.05, 4.69) is 9.88 Å². The molecule has 3 heterocycles. The number of aromatic nitrogens is 1. The Morgan fingerprint density at radius 3 is 2.59 bits per heavy atom. The molecule has 2 atom stereocenters. The van der Waals surface area contributed by atoms with Gasteiger partial charge in [-0.05, 0) is 31.0 Å². The Kier molecular flexibility index (Phi) is 4.90. The summed E-state index contributed by atoms with van der Waals surface area (Å²) in [5.41, 5.74) is 0.318. The van der Waals surface area contributed by atoms with E-state index in [0.29, 0.717) is 30.4 Å². The van der Waals surface area contributed by atoms with Gasteiger partial charge in [0.1, 0.15) is 11.6 Å². The number of urea groups is 1. The summed E-state index contributed by atoms with van der Waals surface area (Å²) in [6.45, 7) is 0.555. The van der Waals surface area contributed by atoms with Gasteiger partial charge >= 0.3 is 6.03 Å². The van der Waals surface area contributed by atoms with Crippen molar-refractivity contribution in [1.82, 2.24) is 14.8 Å². The molecule has 0 unspecified atom stereocenters. The SMILES string of the molecule is CS(=O)(=O)N[C@H]1C[C@H]2CCN(c3noc4cccc(-c5c(F)cccc5F)c34)C(=O)N2C1. The number of rotatable bonds is 4. The fourth-order valence-corrected chi connectivity index (χ4v) is 5.44. The van der Waals surface area contributed by atoms with Crippen LogP contribution in [-0.2, 0) is 10.0 Å². The number of carbonyl (C=O) groups excluding carboxylic acids is 1. The normalized spacial score (nSPS) is 21.4. The minimum Gasteiger partial charge on any atom is -0.354 e. The van der Waals surface area contributed by atoms with E-state index < -0.39 is 21.7 Å². The van der Waals surface area contributed by atoms with Gasteiger partial charge in [-0.2, -0.15) is 0 Å². The molecule has 0 aliphatic carbocycles. The molecular formula is C21H20F2N4O4S. The average molecular weight is 462 g/mol. The maximum atomic E-state index is 14.5. The predicted molar refractivity (Wildman–Crippen MR) is 114 cm³/mol. The molecule has 2 amide bonds. The molecule has 2 saturated heterocycles. The van der Waals surface area contributed by atoms with Crippen molar-refractivity contribution < 1.29 is 26.5 Å². The number of fused-ring (bicyclic) bond motifs is 2. The molecule has 5 rings (SSSR count). The molecule has 0 radical (unpaired) electrons. The highest BCUT2D eigenvalue weighted by atomic mass is 32.2. The van der Waals surface area contributed by atoms with E-state index in [4.69, 9.17) is 4.52 Å². The molecule has 11 heteroatoms. The van der Waals surface area contributed by atoms with E-state index in [-0.39, 0.29) is 41.6 Å². The van der Waals surface area contributed by atoms with Crippen molar-refractivity contribution in [3.05, 3.63) is 48.0 Å². The number of benzene rings is 2. The zero-order chi connectivity index (χ0) is 22.6. The van der Waals surface area contributed by atoms with Crippen molar-refractivity contribution in [1.29, 1.82) is 0 Å². The first-order valence-corrected chi connectivity index (χ1v) is 12.0. The lowest BCUT2D eigenvalue weighted by atomic mass is 10.00. The third-order valence-corrected chi connectivity index (χ3v) is 6.69. The molecule has 168 valence electrons. The predicted octanol–water partition coefficient (Wildman–Crippen LogP) is 3.10. The van der Waals surface area contributed by atoms with E-state index in [1.54, 1.807) is 23.1 Å². The van der Waals surface area contributed by atoms with Crippen molar-refractivity contribution in [3.8, 4) is 11.1 Å². The zero-order valence-electron chi connectivity index (χ0n) is 17.1. The second kappa shape index (κ2) is 7.52. The van der Waals surface area contributed by atoms with Crippen molar-refractivity contribution >= 4 is 32.8 Å². The van der Waals surface area contributed by atoms with Crippen LogP contribution in [-0.4, -0.2) is 55.9 Å². The first kappa shape index (κ1) is 20.8. The lowest BCUT2D eigenvalue weighted by Crippen LogP contribution is -2.52.